The van der Waals surface area contributed by atoms with Gasteiger partial charge in [0.25, 0.3) is 0 Å². The number of benzene rings is 1. The molecular weight excluding hydrogens is 297 g/mol. The maximum Gasteiger partial charge on any atom is 0.128 e. The van der Waals surface area contributed by atoms with Crippen LogP contribution in [0.3, 0.4) is 0 Å². The van der Waals surface area contributed by atoms with Gasteiger partial charge in [-0.05, 0) is 25.2 Å². The molecule has 0 saturated heterocycles. The molecule has 0 fully saturated rings. The molecule has 1 aromatic carbocycles. The van der Waals surface area contributed by atoms with Crippen molar-refractivity contribution >= 4 is 29.0 Å². The number of anilines is 1. The molecule has 1 atom stereocenters. The average Bonchev–Trinajstić information content (AvgIpc) is 2.44. The first-order chi connectivity index (χ1) is 9.56. The van der Waals surface area contributed by atoms with Crippen molar-refractivity contribution in [2.45, 2.75) is 6.04 Å². The zero-order chi connectivity index (χ0) is 14.7. The second kappa shape index (κ2) is 6.31. The highest BCUT2D eigenvalue weighted by molar-refractivity contribution is 6.31. The number of nitrogen functional groups attached to an aromatic ring is 1. The van der Waals surface area contributed by atoms with Crippen LogP contribution >= 0.6 is 23.2 Å². The molecule has 0 radical (unpaired) electrons. The molecule has 0 aliphatic heterocycles. The normalized spacial score (nSPS) is 12.2. The molecule has 2 aromatic rings. The Morgan fingerprint density at radius 2 is 1.95 bits per heavy atom. The summed E-state index contributed by atoms with van der Waals surface area (Å²) in [5, 5.41) is 4.33. The molecule has 106 valence electrons. The van der Waals surface area contributed by atoms with Gasteiger partial charge in [-0.25, -0.2) is 4.98 Å². The molecule has 3 N–H and O–H groups in total. The second-order valence-electron chi connectivity index (χ2n) is 4.24. The van der Waals surface area contributed by atoms with Crippen molar-refractivity contribution in [3.05, 3.63) is 51.6 Å². The average molecular weight is 312 g/mol. The van der Waals surface area contributed by atoms with E-state index in [-0.39, 0.29) is 6.04 Å². The van der Waals surface area contributed by atoms with Gasteiger partial charge in [-0.2, -0.15) is 0 Å². The number of nitrogens with two attached hydrogens (primary N) is 1. The summed E-state index contributed by atoms with van der Waals surface area (Å²) in [5.74, 6) is 1.10. The van der Waals surface area contributed by atoms with Crippen molar-refractivity contribution in [1.29, 1.82) is 0 Å². The Kier molecular flexibility index (Phi) is 4.70. The van der Waals surface area contributed by atoms with Crippen molar-refractivity contribution in [2.75, 3.05) is 19.9 Å². The molecule has 1 heterocycles. The summed E-state index contributed by atoms with van der Waals surface area (Å²) in [6.07, 6.45) is 1.52. The Morgan fingerprint density at radius 3 is 2.60 bits per heavy atom. The van der Waals surface area contributed by atoms with Crippen LogP contribution in [0.5, 0.6) is 5.75 Å². The van der Waals surface area contributed by atoms with Gasteiger partial charge in [0.1, 0.15) is 11.6 Å². The van der Waals surface area contributed by atoms with Crippen LogP contribution in [-0.2, 0) is 0 Å². The minimum absolute atomic E-state index is 0.187. The second-order valence-corrected chi connectivity index (χ2v) is 5.11. The highest BCUT2D eigenvalue weighted by Crippen LogP contribution is 2.34. The Bertz CT molecular complexity index is 619. The number of methoxy groups -OCH3 is 1. The van der Waals surface area contributed by atoms with E-state index in [0.717, 1.165) is 11.1 Å². The summed E-state index contributed by atoms with van der Waals surface area (Å²) >= 11 is 12.0. The number of rotatable bonds is 4. The van der Waals surface area contributed by atoms with Gasteiger partial charge in [-0.3, -0.25) is 0 Å². The molecule has 0 bridgehead atoms. The maximum absolute atomic E-state index is 6.01. The Morgan fingerprint density at radius 1 is 1.20 bits per heavy atom. The van der Waals surface area contributed by atoms with Crippen LogP contribution < -0.4 is 15.8 Å². The summed E-state index contributed by atoms with van der Waals surface area (Å²) in [6, 6.07) is 7.06. The molecule has 20 heavy (non-hydrogen) atoms. The van der Waals surface area contributed by atoms with Crippen LogP contribution in [0, 0.1) is 0 Å². The Labute approximate surface area is 127 Å². The van der Waals surface area contributed by atoms with Gasteiger partial charge in [0.2, 0.25) is 0 Å². The van der Waals surface area contributed by atoms with E-state index in [4.69, 9.17) is 33.7 Å². The van der Waals surface area contributed by atoms with E-state index >= 15 is 0 Å². The number of hydrogen-bond donors (Lipinski definition) is 2. The summed E-state index contributed by atoms with van der Waals surface area (Å²) in [5.41, 5.74) is 7.65. The first-order valence-corrected chi connectivity index (χ1v) is 6.74. The van der Waals surface area contributed by atoms with E-state index < -0.39 is 0 Å². The van der Waals surface area contributed by atoms with Crippen LogP contribution in [0.25, 0.3) is 0 Å². The van der Waals surface area contributed by atoms with E-state index in [1.54, 1.807) is 25.3 Å². The van der Waals surface area contributed by atoms with Crippen LogP contribution in [0.4, 0.5) is 5.82 Å². The third-order valence-electron chi connectivity index (χ3n) is 3.02. The molecule has 2 rings (SSSR count). The zero-order valence-corrected chi connectivity index (χ0v) is 12.7. The summed E-state index contributed by atoms with van der Waals surface area (Å²) in [6.45, 7) is 0. The van der Waals surface area contributed by atoms with Gasteiger partial charge in [0.15, 0.2) is 0 Å². The van der Waals surface area contributed by atoms with Crippen LogP contribution in [-0.4, -0.2) is 19.1 Å². The van der Waals surface area contributed by atoms with Gasteiger partial charge in [0, 0.05) is 22.3 Å². The molecule has 1 aromatic heterocycles. The van der Waals surface area contributed by atoms with Gasteiger partial charge in [-0.1, -0.05) is 29.3 Å². The number of pyridine rings is 1. The van der Waals surface area contributed by atoms with Gasteiger partial charge >= 0.3 is 0 Å². The predicted octanol–water partition coefficient (Wildman–Crippen LogP) is 3.29. The molecular formula is C14H15Cl2N3O. The van der Waals surface area contributed by atoms with Gasteiger partial charge in [0.05, 0.1) is 18.2 Å². The smallest absolute Gasteiger partial charge is 0.128 e. The minimum Gasteiger partial charge on any atom is -0.496 e. The monoisotopic (exact) mass is 311 g/mol. The number of hydrogen-bond acceptors (Lipinski definition) is 4. The fourth-order valence-electron chi connectivity index (χ4n) is 2.10. The SMILES string of the molecule is CNC(c1ccc(Cl)cc1OC)c1cc(Cl)cnc1N. The fraction of sp³-hybridized carbons (Fsp3) is 0.214. The third kappa shape index (κ3) is 2.98. The maximum atomic E-state index is 6.01. The van der Waals surface area contributed by atoms with Crippen molar-refractivity contribution in [3.63, 3.8) is 0 Å². The van der Waals surface area contributed by atoms with Crippen molar-refractivity contribution in [3.8, 4) is 5.75 Å². The molecule has 0 aliphatic carbocycles. The number of nitrogens with zero attached hydrogens (tertiary/aromatic N) is 1. The van der Waals surface area contributed by atoms with E-state index in [0.29, 0.717) is 21.6 Å². The summed E-state index contributed by atoms with van der Waals surface area (Å²) in [4.78, 5) is 4.09. The predicted molar refractivity (Wildman–Crippen MR) is 82.6 cm³/mol. The fourth-order valence-corrected chi connectivity index (χ4v) is 2.43. The van der Waals surface area contributed by atoms with E-state index in [1.807, 2.05) is 13.1 Å². The third-order valence-corrected chi connectivity index (χ3v) is 3.46. The number of nitrogens with one attached hydrogen (secondary N) is 1. The molecule has 0 saturated carbocycles. The lowest BCUT2D eigenvalue weighted by molar-refractivity contribution is 0.405. The lowest BCUT2D eigenvalue weighted by Crippen LogP contribution is -2.20. The Balaban J connectivity index is 2.55. The molecule has 4 nitrogen and oxygen atoms in total. The highest BCUT2D eigenvalue weighted by atomic mass is 35.5. The number of halogens is 2. The molecule has 0 aliphatic rings. The minimum atomic E-state index is -0.187. The topological polar surface area (TPSA) is 60.2 Å². The number of ether oxygens (including phenoxy) is 1. The summed E-state index contributed by atoms with van der Waals surface area (Å²) < 4.78 is 5.38. The van der Waals surface area contributed by atoms with E-state index in [2.05, 4.69) is 10.3 Å². The number of aromatic nitrogens is 1. The highest BCUT2D eigenvalue weighted by Gasteiger charge is 2.20. The van der Waals surface area contributed by atoms with E-state index in [1.165, 1.54) is 6.20 Å². The first-order valence-electron chi connectivity index (χ1n) is 5.98. The molecule has 0 spiro atoms. The van der Waals surface area contributed by atoms with Crippen molar-refractivity contribution < 1.29 is 4.74 Å². The van der Waals surface area contributed by atoms with E-state index in [9.17, 15) is 0 Å². The first kappa shape index (κ1) is 14.9. The molecule has 1 unspecified atom stereocenters. The molecule has 0 amide bonds. The standard InChI is InChI=1S/C14H15Cl2N3O/c1-18-13(11-5-9(16)7-19-14(11)17)10-4-3-8(15)6-12(10)20-2/h3-7,13,18H,1-2H3,(H2,17,19). The van der Waals surface area contributed by atoms with Gasteiger partial charge < -0.3 is 15.8 Å². The lowest BCUT2D eigenvalue weighted by atomic mass is 9.98. The van der Waals surface area contributed by atoms with Crippen molar-refractivity contribution in [1.82, 2.24) is 10.3 Å². The lowest BCUT2D eigenvalue weighted by Gasteiger charge is -2.21. The van der Waals surface area contributed by atoms with Crippen LogP contribution in [0.1, 0.15) is 17.2 Å². The molecule has 6 heteroatoms. The largest absolute Gasteiger partial charge is 0.496 e. The van der Waals surface area contributed by atoms with Crippen LogP contribution in [0.15, 0.2) is 30.5 Å². The van der Waals surface area contributed by atoms with Crippen molar-refractivity contribution in [2.24, 2.45) is 0 Å². The van der Waals surface area contributed by atoms with Gasteiger partial charge in [-0.15, -0.1) is 0 Å². The van der Waals surface area contributed by atoms with Crippen LogP contribution in [0.2, 0.25) is 10.0 Å². The Hall–Kier alpha value is -1.49. The summed E-state index contributed by atoms with van der Waals surface area (Å²) in [7, 11) is 3.43. The quantitative estimate of drug-likeness (QED) is 0.909. The zero-order valence-electron chi connectivity index (χ0n) is 11.2.